The number of rotatable bonds is 6. The first kappa shape index (κ1) is 21.0. The molecule has 154 valence electrons. The van der Waals surface area contributed by atoms with Gasteiger partial charge in [-0.05, 0) is 43.3 Å². The number of benzene rings is 3. The molecule has 9 heteroatoms. The molecule has 0 aliphatic rings. The van der Waals surface area contributed by atoms with Crippen LogP contribution in [0.5, 0.6) is 0 Å². The van der Waals surface area contributed by atoms with Crippen LogP contribution < -0.4 is 9.62 Å². The normalized spacial score (nSPS) is 11.0. The number of nitro groups is 1. The number of hydrogen-bond donors (Lipinski definition) is 1. The Labute approximate surface area is 174 Å². The lowest BCUT2D eigenvalue weighted by atomic mass is 10.1. The summed E-state index contributed by atoms with van der Waals surface area (Å²) in [4.78, 5) is 23.3. The summed E-state index contributed by atoms with van der Waals surface area (Å²) in [5.41, 5.74) is 0.659. The quantitative estimate of drug-likeness (QED) is 0.474. The maximum atomic E-state index is 13.0. The van der Waals surface area contributed by atoms with Gasteiger partial charge in [-0.2, -0.15) is 0 Å². The van der Waals surface area contributed by atoms with Crippen LogP contribution in [0, 0.1) is 17.0 Å². The van der Waals surface area contributed by atoms with Crippen LogP contribution in [0.25, 0.3) is 0 Å². The van der Waals surface area contributed by atoms with E-state index in [2.05, 4.69) is 5.32 Å². The first-order chi connectivity index (χ1) is 14.2. The van der Waals surface area contributed by atoms with Gasteiger partial charge in [-0.3, -0.25) is 19.2 Å². The molecule has 3 aromatic carbocycles. The van der Waals surface area contributed by atoms with E-state index in [0.717, 1.165) is 4.31 Å². The van der Waals surface area contributed by atoms with Gasteiger partial charge in [-0.1, -0.05) is 36.4 Å². The zero-order chi connectivity index (χ0) is 21.9. The Morgan fingerprint density at radius 2 is 1.67 bits per heavy atom. The molecule has 0 atom stereocenters. The third-order valence-corrected chi connectivity index (χ3v) is 6.32. The minimum Gasteiger partial charge on any atom is -0.322 e. The smallest absolute Gasteiger partial charge is 0.285 e. The molecule has 0 unspecified atom stereocenters. The molecule has 0 saturated carbocycles. The van der Waals surface area contributed by atoms with Crippen molar-refractivity contribution < 1.29 is 18.1 Å². The van der Waals surface area contributed by atoms with Crippen LogP contribution in [-0.4, -0.2) is 26.3 Å². The van der Waals surface area contributed by atoms with Crippen molar-refractivity contribution in [2.24, 2.45) is 0 Å². The number of amides is 1. The van der Waals surface area contributed by atoms with Crippen LogP contribution in [0.3, 0.4) is 0 Å². The fourth-order valence-corrected chi connectivity index (χ4v) is 4.19. The first-order valence-electron chi connectivity index (χ1n) is 8.91. The fourth-order valence-electron chi connectivity index (χ4n) is 2.95. The van der Waals surface area contributed by atoms with Gasteiger partial charge in [0.05, 0.1) is 15.5 Å². The van der Waals surface area contributed by atoms with Crippen molar-refractivity contribution in [1.82, 2.24) is 0 Å². The monoisotopic (exact) mass is 425 g/mol. The van der Waals surface area contributed by atoms with Gasteiger partial charge in [0.2, 0.25) is 0 Å². The van der Waals surface area contributed by atoms with E-state index in [1.165, 1.54) is 37.4 Å². The summed E-state index contributed by atoms with van der Waals surface area (Å²) in [6, 6.07) is 18.8. The highest BCUT2D eigenvalue weighted by molar-refractivity contribution is 7.92. The molecule has 0 radical (unpaired) electrons. The standard InChI is InChI=1S/C21H19N3O5S/c1-15-8-6-13-19(20(15)24(26)27)21(25)22-16-9-7-12-18(14-16)30(28,29)23(2)17-10-4-3-5-11-17/h3-14H,1-2H3,(H,22,25). The number of carbonyl (C=O) groups is 1. The minimum atomic E-state index is -3.87. The SMILES string of the molecule is Cc1cccc(C(=O)Nc2cccc(S(=O)(=O)N(C)c3ccccc3)c2)c1[N+](=O)[O-]. The van der Waals surface area contributed by atoms with Gasteiger partial charge in [0, 0.05) is 18.3 Å². The largest absolute Gasteiger partial charge is 0.322 e. The van der Waals surface area contributed by atoms with Crippen molar-refractivity contribution in [3.05, 3.63) is 94.0 Å². The lowest BCUT2D eigenvalue weighted by Crippen LogP contribution is -2.26. The first-order valence-corrected chi connectivity index (χ1v) is 10.3. The molecule has 0 aliphatic heterocycles. The predicted molar refractivity (Wildman–Crippen MR) is 114 cm³/mol. The molecule has 0 saturated heterocycles. The molecule has 1 N–H and O–H groups in total. The molecule has 1 amide bonds. The Hall–Kier alpha value is -3.72. The van der Waals surface area contributed by atoms with Gasteiger partial charge in [-0.25, -0.2) is 8.42 Å². The average Bonchev–Trinajstić information content (AvgIpc) is 2.73. The molecule has 0 heterocycles. The van der Waals surface area contributed by atoms with Gasteiger partial charge in [0.25, 0.3) is 21.6 Å². The van der Waals surface area contributed by atoms with Crippen LogP contribution >= 0.6 is 0 Å². The molecule has 0 fully saturated rings. The molecule has 0 bridgehead atoms. The van der Waals surface area contributed by atoms with Crippen molar-refractivity contribution in [2.75, 3.05) is 16.7 Å². The van der Waals surface area contributed by atoms with Crippen molar-refractivity contribution in [3.8, 4) is 0 Å². The highest BCUT2D eigenvalue weighted by atomic mass is 32.2. The number of carbonyl (C=O) groups excluding carboxylic acids is 1. The number of hydrogen-bond acceptors (Lipinski definition) is 5. The number of nitro benzene ring substituents is 1. The van der Waals surface area contributed by atoms with Gasteiger partial charge in [0.1, 0.15) is 5.56 Å². The Balaban J connectivity index is 1.91. The average molecular weight is 425 g/mol. The van der Waals surface area contributed by atoms with E-state index >= 15 is 0 Å². The lowest BCUT2D eigenvalue weighted by molar-refractivity contribution is -0.385. The van der Waals surface area contributed by atoms with Gasteiger partial charge in [0.15, 0.2) is 0 Å². The lowest BCUT2D eigenvalue weighted by Gasteiger charge is -2.20. The summed E-state index contributed by atoms with van der Waals surface area (Å²) >= 11 is 0. The van der Waals surface area contributed by atoms with Crippen molar-refractivity contribution in [1.29, 1.82) is 0 Å². The van der Waals surface area contributed by atoms with Crippen LogP contribution in [0.15, 0.2) is 77.7 Å². The maximum absolute atomic E-state index is 13.0. The molecule has 0 spiro atoms. The molecule has 0 aromatic heterocycles. The third-order valence-electron chi connectivity index (χ3n) is 4.54. The van der Waals surface area contributed by atoms with E-state index in [1.807, 2.05) is 0 Å². The molecule has 8 nitrogen and oxygen atoms in total. The molecule has 30 heavy (non-hydrogen) atoms. The third kappa shape index (κ3) is 4.15. The van der Waals surface area contributed by atoms with Crippen LogP contribution in [0.1, 0.15) is 15.9 Å². The van der Waals surface area contributed by atoms with Gasteiger partial charge >= 0.3 is 0 Å². The highest BCUT2D eigenvalue weighted by Gasteiger charge is 2.24. The van der Waals surface area contributed by atoms with Crippen molar-refractivity contribution in [3.63, 3.8) is 0 Å². The zero-order valence-corrected chi connectivity index (χ0v) is 17.1. The summed E-state index contributed by atoms with van der Waals surface area (Å²) in [6.07, 6.45) is 0. The number of nitrogens with one attached hydrogen (secondary N) is 1. The molecule has 3 rings (SSSR count). The van der Waals surface area contributed by atoms with Crippen LogP contribution in [-0.2, 0) is 10.0 Å². The second kappa shape index (κ2) is 8.34. The number of para-hydroxylation sites is 2. The highest BCUT2D eigenvalue weighted by Crippen LogP contribution is 2.26. The van der Waals surface area contributed by atoms with E-state index in [0.29, 0.717) is 11.3 Å². The Bertz CT molecular complexity index is 1210. The Morgan fingerprint density at radius 3 is 2.33 bits per heavy atom. The summed E-state index contributed by atoms with van der Waals surface area (Å²) < 4.78 is 27.0. The van der Waals surface area contributed by atoms with Crippen molar-refractivity contribution >= 4 is 33.0 Å². The summed E-state index contributed by atoms with van der Waals surface area (Å²) in [7, 11) is -2.43. The van der Waals surface area contributed by atoms with Crippen LogP contribution in [0.4, 0.5) is 17.1 Å². The number of nitrogens with zero attached hydrogens (tertiary/aromatic N) is 2. The zero-order valence-electron chi connectivity index (χ0n) is 16.3. The number of aryl methyl sites for hydroxylation is 1. The van der Waals surface area contributed by atoms with E-state index < -0.39 is 20.9 Å². The summed E-state index contributed by atoms with van der Waals surface area (Å²) in [5, 5.41) is 13.9. The predicted octanol–water partition coefficient (Wildman–Crippen LogP) is 3.98. The van der Waals surface area contributed by atoms with Gasteiger partial charge < -0.3 is 5.32 Å². The second-order valence-corrected chi connectivity index (χ2v) is 8.49. The second-order valence-electron chi connectivity index (χ2n) is 6.52. The Morgan fingerprint density at radius 1 is 1.00 bits per heavy atom. The van der Waals surface area contributed by atoms with E-state index in [1.54, 1.807) is 49.4 Å². The van der Waals surface area contributed by atoms with Crippen LogP contribution in [0.2, 0.25) is 0 Å². The topological polar surface area (TPSA) is 110 Å². The molecule has 3 aromatic rings. The summed E-state index contributed by atoms with van der Waals surface area (Å²) in [6.45, 7) is 1.54. The Kier molecular flexibility index (Phi) is 5.84. The fraction of sp³-hybridized carbons (Fsp3) is 0.0952. The molecular weight excluding hydrogens is 406 g/mol. The van der Waals surface area contributed by atoms with E-state index in [-0.39, 0.29) is 21.8 Å². The van der Waals surface area contributed by atoms with E-state index in [9.17, 15) is 23.3 Å². The summed E-state index contributed by atoms with van der Waals surface area (Å²) in [5.74, 6) is -0.698. The minimum absolute atomic E-state index is 0.0228. The molecular formula is C21H19N3O5S. The number of sulfonamides is 1. The van der Waals surface area contributed by atoms with Gasteiger partial charge in [-0.15, -0.1) is 0 Å². The number of anilines is 2. The molecule has 0 aliphatic carbocycles. The maximum Gasteiger partial charge on any atom is 0.285 e. The van der Waals surface area contributed by atoms with Crippen molar-refractivity contribution in [2.45, 2.75) is 11.8 Å². The van der Waals surface area contributed by atoms with E-state index in [4.69, 9.17) is 0 Å².